The van der Waals surface area contributed by atoms with Gasteiger partial charge >= 0.3 is 0 Å². The van der Waals surface area contributed by atoms with E-state index in [1.54, 1.807) is 0 Å². The predicted octanol–water partition coefficient (Wildman–Crippen LogP) is 4.81. The first kappa shape index (κ1) is 16.0. The third-order valence-corrected chi connectivity index (χ3v) is 5.74. The first-order valence-electron chi connectivity index (χ1n) is 8.94. The molecule has 0 saturated heterocycles. The van der Waals surface area contributed by atoms with Crippen LogP contribution in [0.25, 0.3) is 0 Å². The lowest BCUT2D eigenvalue weighted by atomic mass is 9.75. The van der Waals surface area contributed by atoms with Crippen molar-refractivity contribution >= 4 is 11.6 Å². The van der Waals surface area contributed by atoms with E-state index in [0.29, 0.717) is 0 Å². The second-order valence-electron chi connectivity index (χ2n) is 7.46. The topological polar surface area (TPSA) is 34.1 Å². The molecule has 0 N–H and O–H groups in total. The summed E-state index contributed by atoms with van der Waals surface area (Å²) >= 11 is 0. The molecule has 2 heteroatoms. The Morgan fingerprint density at radius 2 is 1.04 bits per heavy atom. The Labute approximate surface area is 148 Å². The van der Waals surface area contributed by atoms with Gasteiger partial charge in [-0.25, -0.2) is 0 Å². The molecule has 1 saturated carbocycles. The number of fused-ring (bicyclic) bond motifs is 2. The maximum atomic E-state index is 13.2. The van der Waals surface area contributed by atoms with Crippen molar-refractivity contribution < 1.29 is 9.59 Å². The summed E-state index contributed by atoms with van der Waals surface area (Å²) < 4.78 is 0. The number of hydrogen-bond acceptors (Lipinski definition) is 2. The number of carbonyl (C=O) groups is 2. The van der Waals surface area contributed by atoms with Crippen LogP contribution in [0.5, 0.6) is 0 Å². The molecule has 2 nitrogen and oxygen atoms in total. The van der Waals surface area contributed by atoms with Gasteiger partial charge in [0.1, 0.15) is 0 Å². The van der Waals surface area contributed by atoms with E-state index in [1.807, 2.05) is 62.4 Å². The summed E-state index contributed by atoms with van der Waals surface area (Å²) in [4.78, 5) is 26.3. The molecule has 1 fully saturated rings. The third-order valence-electron chi connectivity index (χ3n) is 5.74. The number of Topliss-reactive ketones (excluding diaryl/α,β-unsaturated/α-hetero) is 2. The number of benzene rings is 2. The zero-order valence-electron chi connectivity index (χ0n) is 14.6. The summed E-state index contributed by atoms with van der Waals surface area (Å²) in [5, 5.41) is 0. The molecule has 4 rings (SSSR count). The lowest BCUT2D eigenvalue weighted by Crippen LogP contribution is -2.33. The average molecular weight is 330 g/mol. The average Bonchev–Trinajstić information content (AvgIpc) is 3.23. The van der Waals surface area contributed by atoms with Crippen LogP contribution in [-0.4, -0.2) is 11.6 Å². The highest BCUT2D eigenvalue weighted by Gasteiger charge is 2.51. The van der Waals surface area contributed by atoms with Crippen LogP contribution >= 0.6 is 0 Å². The molecule has 126 valence electrons. The molecule has 0 radical (unpaired) electrons. The van der Waals surface area contributed by atoms with Crippen LogP contribution in [0, 0.1) is 37.5 Å². The van der Waals surface area contributed by atoms with Crippen LogP contribution in [-0.2, 0) is 0 Å². The molecule has 0 amide bonds. The van der Waals surface area contributed by atoms with E-state index in [2.05, 4.69) is 12.2 Å². The van der Waals surface area contributed by atoms with E-state index in [-0.39, 0.29) is 35.2 Å². The highest BCUT2D eigenvalue weighted by Crippen LogP contribution is 2.50. The fraction of sp³-hybridized carbons (Fsp3) is 0.304. The Bertz CT molecular complexity index is 771. The molecule has 4 atom stereocenters. The zero-order chi connectivity index (χ0) is 17.6. The van der Waals surface area contributed by atoms with Gasteiger partial charge in [0.2, 0.25) is 0 Å². The van der Waals surface area contributed by atoms with Crippen LogP contribution in [0.3, 0.4) is 0 Å². The number of carbonyl (C=O) groups excluding carboxylic acids is 2. The molecule has 0 heterocycles. The summed E-state index contributed by atoms with van der Waals surface area (Å²) in [6, 6.07) is 15.4. The second kappa shape index (κ2) is 6.11. The van der Waals surface area contributed by atoms with Crippen molar-refractivity contribution in [3.05, 3.63) is 82.9 Å². The second-order valence-corrected chi connectivity index (χ2v) is 7.46. The van der Waals surface area contributed by atoms with Gasteiger partial charge in [0.25, 0.3) is 0 Å². The zero-order valence-corrected chi connectivity index (χ0v) is 14.6. The molecular weight excluding hydrogens is 308 g/mol. The van der Waals surface area contributed by atoms with Gasteiger partial charge in [-0.3, -0.25) is 9.59 Å². The van der Waals surface area contributed by atoms with E-state index in [1.165, 1.54) is 0 Å². The molecule has 2 bridgehead atoms. The van der Waals surface area contributed by atoms with Gasteiger partial charge in [-0.15, -0.1) is 0 Å². The molecular formula is C23H22O2. The van der Waals surface area contributed by atoms with Crippen molar-refractivity contribution in [1.29, 1.82) is 0 Å². The Kier molecular flexibility index (Phi) is 3.91. The maximum Gasteiger partial charge on any atom is 0.167 e. The molecule has 25 heavy (non-hydrogen) atoms. The molecule has 2 aliphatic rings. The smallest absolute Gasteiger partial charge is 0.167 e. The van der Waals surface area contributed by atoms with E-state index in [4.69, 9.17) is 0 Å². The van der Waals surface area contributed by atoms with Crippen LogP contribution in [0.2, 0.25) is 0 Å². The van der Waals surface area contributed by atoms with E-state index >= 15 is 0 Å². The summed E-state index contributed by atoms with van der Waals surface area (Å²) in [6.07, 6.45) is 5.20. The maximum absolute atomic E-state index is 13.2. The van der Waals surface area contributed by atoms with Gasteiger partial charge in [-0.05, 0) is 32.1 Å². The fourth-order valence-electron chi connectivity index (χ4n) is 4.36. The van der Waals surface area contributed by atoms with Gasteiger partial charge in [-0.2, -0.15) is 0 Å². The lowest BCUT2D eigenvalue weighted by Gasteiger charge is -2.26. The minimum absolute atomic E-state index is 0.113. The molecule has 2 aromatic carbocycles. The first-order valence-corrected chi connectivity index (χ1v) is 8.94. The quantitative estimate of drug-likeness (QED) is 0.595. The monoisotopic (exact) mass is 330 g/mol. The third kappa shape index (κ3) is 2.76. The minimum Gasteiger partial charge on any atom is -0.294 e. The number of aryl methyl sites for hydroxylation is 2. The van der Waals surface area contributed by atoms with E-state index in [9.17, 15) is 9.59 Å². The Morgan fingerprint density at radius 3 is 1.40 bits per heavy atom. The van der Waals surface area contributed by atoms with Crippen molar-refractivity contribution in [3.63, 3.8) is 0 Å². The van der Waals surface area contributed by atoms with Gasteiger partial charge < -0.3 is 0 Å². The van der Waals surface area contributed by atoms with Gasteiger partial charge in [0, 0.05) is 23.0 Å². The molecule has 0 aromatic heterocycles. The van der Waals surface area contributed by atoms with Crippen LogP contribution in [0.1, 0.15) is 38.3 Å². The van der Waals surface area contributed by atoms with E-state index < -0.39 is 0 Å². The normalized spacial score (nSPS) is 26.8. The van der Waals surface area contributed by atoms with Crippen molar-refractivity contribution in [1.82, 2.24) is 0 Å². The Morgan fingerprint density at radius 1 is 0.680 bits per heavy atom. The summed E-state index contributed by atoms with van der Waals surface area (Å²) in [5.41, 5.74) is 3.71. The van der Waals surface area contributed by atoms with Gasteiger partial charge in [-0.1, -0.05) is 71.8 Å². The number of ketones is 2. The van der Waals surface area contributed by atoms with Crippen LogP contribution < -0.4 is 0 Å². The molecule has 2 aliphatic carbocycles. The predicted molar refractivity (Wildman–Crippen MR) is 98.7 cm³/mol. The first-order chi connectivity index (χ1) is 12.0. The van der Waals surface area contributed by atoms with Gasteiger partial charge in [0.15, 0.2) is 11.6 Å². The Hall–Kier alpha value is -2.48. The molecule has 0 spiro atoms. The fourth-order valence-corrected chi connectivity index (χ4v) is 4.36. The van der Waals surface area contributed by atoms with Crippen LogP contribution in [0.4, 0.5) is 0 Å². The molecule has 0 unspecified atom stereocenters. The number of allylic oxidation sites excluding steroid dienone is 2. The summed E-state index contributed by atoms with van der Waals surface area (Å²) in [5.74, 6) is 0.152. The number of rotatable bonds is 4. The summed E-state index contributed by atoms with van der Waals surface area (Å²) in [6.45, 7) is 4.02. The number of hydrogen-bond donors (Lipinski definition) is 0. The van der Waals surface area contributed by atoms with E-state index in [0.717, 1.165) is 28.7 Å². The van der Waals surface area contributed by atoms with Crippen molar-refractivity contribution in [2.75, 3.05) is 0 Å². The van der Waals surface area contributed by atoms with Gasteiger partial charge in [0.05, 0.1) is 0 Å². The van der Waals surface area contributed by atoms with Crippen molar-refractivity contribution in [2.24, 2.45) is 23.7 Å². The SMILES string of the molecule is Cc1ccc(C(=O)[C@@H]2[C@H](C(=O)c3ccc(C)cc3)[C@@H]3C=C[C@H]2C3)cc1. The lowest BCUT2D eigenvalue weighted by molar-refractivity contribution is 0.0752. The minimum atomic E-state index is -0.230. The highest BCUT2D eigenvalue weighted by atomic mass is 16.1. The highest BCUT2D eigenvalue weighted by molar-refractivity contribution is 6.06. The standard InChI is InChI=1S/C23H22O2/c1-14-3-7-16(8-4-14)22(24)20-18-11-12-19(13-18)21(20)23(25)17-9-5-15(2)6-10-17/h3-12,18-21H,13H2,1-2H3/t18-,19+,20-,21+. The summed E-state index contributed by atoms with van der Waals surface area (Å²) in [7, 11) is 0. The van der Waals surface area contributed by atoms with Crippen molar-refractivity contribution in [3.8, 4) is 0 Å². The largest absolute Gasteiger partial charge is 0.294 e. The molecule has 0 aliphatic heterocycles. The molecule has 2 aromatic rings. The van der Waals surface area contributed by atoms with Crippen LogP contribution in [0.15, 0.2) is 60.7 Å². The van der Waals surface area contributed by atoms with Crippen molar-refractivity contribution in [2.45, 2.75) is 20.3 Å². The Balaban J connectivity index is 1.67.